The van der Waals surface area contributed by atoms with E-state index in [-0.39, 0.29) is 29.9 Å². The largest absolute Gasteiger partial charge is 0.368 e. The molecule has 0 aliphatic carbocycles. The molecule has 2 aliphatic heterocycles. The average molecular weight is 398 g/mol. The highest BCUT2D eigenvalue weighted by molar-refractivity contribution is 5.81. The van der Waals surface area contributed by atoms with Crippen molar-refractivity contribution < 1.29 is 14.3 Å². The molecule has 8 nitrogen and oxygen atoms in total. The van der Waals surface area contributed by atoms with Crippen molar-refractivity contribution in [1.82, 2.24) is 19.4 Å². The van der Waals surface area contributed by atoms with Crippen LogP contribution in [0.2, 0.25) is 0 Å². The quantitative estimate of drug-likeness (QED) is 0.768. The van der Waals surface area contributed by atoms with Gasteiger partial charge in [-0.25, -0.2) is 4.98 Å². The molecule has 1 unspecified atom stereocenters. The number of hydrogen-bond donors (Lipinski definition) is 0. The molecular formula is C21H26N4O4. The van der Waals surface area contributed by atoms with Crippen molar-refractivity contribution in [2.75, 3.05) is 32.8 Å². The summed E-state index contributed by atoms with van der Waals surface area (Å²) in [6.07, 6.45) is 3.89. The van der Waals surface area contributed by atoms with Crippen LogP contribution in [-0.4, -0.2) is 70.1 Å². The van der Waals surface area contributed by atoms with Crippen molar-refractivity contribution in [3.8, 4) is 0 Å². The highest BCUT2D eigenvalue weighted by atomic mass is 16.5. The summed E-state index contributed by atoms with van der Waals surface area (Å²) < 4.78 is 6.99. The van der Waals surface area contributed by atoms with Crippen LogP contribution in [0.25, 0.3) is 10.9 Å². The first-order valence-corrected chi connectivity index (χ1v) is 10.3. The molecule has 3 heterocycles. The Morgan fingerprint density at radius 3 is 2.69 bits per heavy atom. The van der Waals surface area contributed by atoms with E-state index in [2.05, 4.69) is 4.98 Å². The van der Waals surface area contributed by atoms with Gasteiger partial charge in [0.25, 0.3) is 11.5 Å². The van der Waals surface area contributed by atoms with Gasteiger partial charge in [0.05, 0.1) is 17.2 Å². The number of rotatable bonds is 4. The summed E-state index contributed by atoms with van der Waals surface area (Å²) >= 11 is 0. The zero-order valence-electron chi connectivity index (χ0n) is 16.5. The third-order valence-electron chi connectivity index (χ3n) is 5.66. The lowest BCUT2D eigenvalue weighted by atomic mass is 10.2. The summed E-state index contributed by atoms with van der Waals surface area (Å²) in [5.74, 6) is 0.0436. The van der Waals surface area contributed by atoms with Gasteiger partial charge in [-0.05, 0) is 31.4 Å². The van der Waals surface area contributed by atoms with E-state index in [1.54, 1.807) is 17.0 Å². The average Bonchev–Trinajstić information content (AvgIpc) is 3.17. The number of nitrogens with zero attached hydrogens (tertiary/aromatic N) is 4. The van der Waals surface area contributed by atoms with E-state index in [0.29, 0.717) is 50.2 Å². The van der Waals surface area contributed by atoms with E-state index in [4.69, 9.17) is 4.74 Å². The zero-order chi connectivity index (χ0) is 20.2. The second kappa shape index (κ2) is 8.73. The van der Waals surface area contributed by atoms with Gasteiger partial charge in [0.2, 0.25) is 5.91 Å². The lowest BCUT2D eigenvalue weighted by Gasteiger charge is -2.24. The maximum atomic E-state index is 12.7. The predicted octanol–water partition coefficient (Wildman–Crippen LogP) is 1.03. The molecule has 1 aromatic carbocycles. The highest BCUT2D eigenvalue weighted by Gasteiger charge is 2.30. The fourth-order valence-corrected chi connectivity index (χ4v) is 4.00. The summed E-state index contributed by atoms with van der Waals surface area (Å²) in [5, 5.41) is 0.556. The van der Waals surface area contributed by atoms with Gasteiger partial charge >= 0.3 is 0 Å². The molecule has 4 rings (SSSR count). The SMILES string of the molecule is O=C(CCn1cnc2ccccc2c1=O)N1CCCN(C(=O)C2CCCO2)CC1. The molecule has 1 atom stereocenters. The molecule has 2 saturated heterocycles. The first kappa shape index (κ1) is 19.6. The molecule has 29 heavy (non-hydrogen) atoms. The van der Waals surface area contributed by atoms with Crippen LogP contribution < -0.4 is 5.56 Å². The number of ether oxygens (including phenoxy) is 1. The Kier molecular flexibility index (Phi) is 5.89. The number of fused-ring (bicyclic) bond motifs is 1. The third kappa shape index (κ3) is 4.32. The van der Waals surface area contributed by atoms with Crippen LogP contribution in [-0.2, 0) is 20.9 Å². The summed E-state index contributed by atoms with van der Waals surface area (Å²) in [4.78, 5) is 45.7. The van der Waals surface area contributed by atoms with Crippen molar-refractivity contribution in [1.29, 1.82) is 0 Å². The van der Waals surface area contributed by atoms with Crippen LogP contribution in [0.15, 0.2) is 35.4 Å². The van der Waals surface area contributed by atoms with Gasteiger partial charge in [0, 0.05) is 45.8 Å². The van der Waals surface area contributed by atoms with Gasteiger partial charge in [-0.2, -0.15) is 0 Å². The number of aryl methyl sites for hydroxylation is 1. The number of aromatic nitrogens is 2. The Labute approximate surface area is 169 Å². The number of hydrogen-bond acceptors (Lipinski definition) is 5. The molecule has 0 radical (unpaired) electrons. The Morgan fingerprint density at radius 1 is 1.07 bits per heavy atom. The maximum absolute atomic E-state index is 12.7. The molecule has 1 aromatic heterocycles. The normalized spacial score (nSPS) is 20.1. The standard InChI is InChI=1S/C21H26N4O4/c26-19(8-11-25-15-22-17-6-2-1-5-16(17)20(25)27)23-9-4-10-24(13-12-23)21(28)18-7-3-14-29-18/h1-2,5-6,15,18H,3-4,7-14H2. The Morgan fingerprint density at radius 2 is 1.86 bits per heavy atom. The molecule has 0 saturated carbocycles. The Balaban J connectivity index is 1.34. The number of carbonyl (C=O) groups is 2. The molecule has 8 heteroatoms. The van der Waals surface area contributed by atoms with Crippen LogP contribution in [0.1, 0.15) is 25.7 Å². The first-order chi connectivity index (χ1) is 14.1. The number of amides is 2. The minimum Gasteiger partial charge on any atom is -0.368 e. The predicted molar refractivity (Wildman–Crippen MR) is 107 cm³/mol. The molecule has 2 amide bonds. The minimum atomic E-state index is -0.315. The second-order valence-corrected chi connectivity index (χ2v) is 7.57. The van der Waals surface area contributed by atoms with E-state index in [1.165, 1.54) is 10.9 Å². The minimum absolute atomic E-state index is 0.00326. The fraction of sp³-hybridized carbons (Fsp3) is 0.524. The fourth-order valence-electron chi connectivity index (χ4n) is 4.00. The van der Waals surface area contributed by atoms with E-state index in [9.17, 15) is 14.4 Å². The first-order valence-electron chi connectivity index (χ1n) is 10.3. The van der Waals surface area contributed by atoms with Gasteiger partial charge in [-0.15, -0.1) is 0 Å². The summed E-state index contributed by atoms with van der Waals surface area (Å²) in [6.45, 7) is 3.27. The van der Waals surface area contributed by atoms with Crippen LogP contribution in [0.4, 0.5) is 0 Å². The van der Waals surface area contributed by atoms with Crippen molar-refractivity contribution in [2.24, 2.45) is 0 Å². The van der Waals surface area contributed by atoms with Crippen LogP contribution >= 0.6 is 0 Å². The van der Waals surface area contributed by atoms with E-state index in [0.717, 1.165) is 19.3 Å². The van der Waals surface area contributed by atoms with Crippen molar-refractivity contribution >= 4 is 22.7 Å². The Hall–Kier alpha value is -2.74. The summed E-state index contributed by atoms with van der Waals surface area (Å²) in [5.41, 5.74) is 0.524. The molecule has 2 fully saturated rings. The van der Waals surface area contributed by atoms with Gasteiger partial charge in [0.15, 0.2) is 0 Å². The number of para-hydroxylation sites is 1. The molecule has 0 bridgehead atoms. The topological polar surface area (TPSA) is 84.7 Å². The zero-order valence-corrected chi connectivity index (χ0v) is 16.5. The monoisotopic (exact) mass is 398 g/mol. The maximum Gasteiger partial charge on any atom is 0.261 e. The van der Waals surface area contributed by atoms with Gasteiger partial charge in [-0.1, -0.05) is 12.1 Å². The number of benzene rings is 1. The lowest BCUT2D eigenvalue weighted by molar-refractivity contribution is -0.141. The lowest BCUT2D eigenvalue weighted by Crippen LogP contribution is -2.42. The molecule has 0 N–H and O–H groups in total. The van der Waals surface area contributed by atoms with Gasteiger partial charge in [0.1, 0.15) is 6.10 Å². The van der Waals surface area contributed by atoms with E-state index in [1.807, 2.05) is 17.0 Å². The molecular weight excluding hydrogens is 372 g/mol. The highest BCUT2D eigenvalue weighted by Crippen LogP contribution is 2.16. The second-order valence-electron chi connectivity index (χ2n) is 7.57. The molecule has 2 aliphatic rings. The Bertz CT molecular complexity index is 951. The molecule has 154 valence electrons. The third-order valence-corrected chi connectivity index (χ3v) is 5.66. The van der Waals surface area contributed by atoms with Crippen LogP contribution in [0.3, 0.4) is 0 Å². The molecule has 2 aromatic rings. The van der Waals surface area contributed by atoms with Crippen molar-refractivity contribution in [2.45, 2.75) is 38.3 Å². The van der Waals surface area contributed by atoms with Crippen molar-refractivity contribution in [3.63, 3.8) is 0 Å². The smallest absolute Gasteiger partial charge is 0.261 e. The van der Waals surface area contributed by atoms with E-state index >= 15 is 0 Å². The number of carbonyl (C=O) groups excluding carboxylic acids is 2. The van der Waals surface area contributed by atoms with Crippen molar-refractivity contribution in [3.05, 3.63) is 40.9 Å². The van der Waals surface area contributed by atoms with Gasteiger partial charge in [-0.3, -0.25) is 19.0 Å². The van der Waals surface area contributed by atoms with Gasteiger partial charge < -0.3 is 14.5 Å². The summed E-state index contributed by atoms with van der Waals surface area (Å²) in [7, 11) is 0. The summed E-state index contributed by atoms with van der Waals surface area (Å²) in [6, 6.07) is 7.20. The van der Waals surface area contributed by atoms with Crippen LogP contribution in [0, 0.1) is 0 Å². The molecule has 0 spiro atoms. The van der Waals surface area contributed by atoms with Crippen LogP contribution in [0.5, 0.6) is 0 Å². The van der Waals surface area contributed by atoms with E-state index < -0.39 is 0 Å².